The highest BCUT2D eigenvalue weighted by Crippen LogP contribution is 2.36. The minimum absolute atomic E-state index is 0.0659. The Morgan fingerprint density at radius 3 is 2.66 bits per heavy atom. The van der Waals surface area contributed by atoms with Gasteiger partial charge in [-0.15, -0.1) is 0 Å². The first-order valence-electron chi connectivity index (χ1n) is 10.4. The molecule has 32 heavy (non-hydrogen) atoms. The average Bonchev–Trinajstić information content (AvgIpc) is 3.18. The van der Waals surface area contributed by atoms with E-state index in [0.717, 1.165) is 33.8 Å². The van der Waals surface area contributed by atoms with E-state index in [4.69, 9.17) is 26.2 Å². The summed E-state index contributed by atoms with van der Waals surface area (Å²) in [6.07, 6.45) is 2.82. The first-order valence-corrected chi connectivity index (χ1v) is 10.8. The van der Waals surface area contributed by atoms with Crippen LogP contribution in [0.2, 0.25) is 5.02 Å². The number of methoxy groups -OCH3 is 2. The van der Waals surface area contributed by atoms with E-state index >= 15 is 0 Å². The van der Waals surface area contributed by atoms with Gasteiger partial charge < -0.3 is 9.47 Å². The number of Topliss-reactive ketones (excluding diaryl/α,β-unsaturated/α-hetero) is 1. The van der Waals surface area contributed by atoms with Gasteiger partial charge in [-0.25, -0.2) is 9.50 Å². The number of carbonyl (C=O) groups is 1. The van der Waals surface area contributed by atoms with Gasteiger partial charge in [-0.2, -0.15) is 5.10 Å². The number of halogens is 1. The summed E-state index contributed by atoms with van der Waals surface area (Å²) in [4.78, 5) is 17.7. The molecule has 0 saturated heterocycles. The van der Waals surface area contributed by atoms with E-state index in [1.54, 1.807) is 20.4 Å². The summed E-state index contributed by atoms with van der Waals surface area (Å²) in [7, 11) is 3.28. The number of ketones is 1. The predicted molar refractivity (Wildman–Crippen MR) is 123 cm³/mol. The van der Waals surface area contributed by atoms with Crippen LogP contribution in [0.5, 0.6) is 5.75 Å². The topological polar surface area (TPSA) is 65.7 Å². The molecule has 2 heterocycles. The molecule has 2 aromatic heterocycles. The highest BCUT2D eigenvalue weighted by molar-refractivity contribution is 6.30. The second-order valence-electron chi connectivity index (χ2n) is 7.92. The molecule has 0 radical (unpaired) electrons. The molecule has 1 aliphatic carbocycles. The van der Waals surface area contributed by atoms with E-state index < -0.39 is 0 Å². The Labute approximate surface area is 190 Å². The van der Waals surface area contributed by atoms with Gasteiger partial charge in [-0.3, -0.25) is 4.79 Å². The molecule has 6 nitrogen and oxygen atoms in total. The lowest BCUT2D eigenvalue weighted by Crippen LogP contribution is -2.22. The van der Waals surface area contributed by atoms with Gasteiger partial charge >= 0.3 is 0 Å². The summed E-state index contributed by atoms with van der Waals surface area (Å²) in [5.74, 6) is 0.941. The van der Waals surface area contributed by atoms with Crippen LogP contribution in [-0.4, -0.2) is 34.6 Å². The smallest absolute Gasteiger partial charge is 0.166 e. The molecule has 1 atom stereocenters. The SMILES string of the molecule is COCc1nn2c3c(cnc2c1-c1cccc(Cl)c1)C(=O)C[C@H](c1ccc(OC)cc1)C3. The van der Waals surface area contributed by atoms with Crippen molar-refractivity contribution in [3.8, 4) is 16.9 Å². The monoisotopic (exact) mass is 447 g/mol. The van der Waals surface area contributed by atoms with Crippen molar-refractivity contribution >= 4 is 23.0 Å². The largest absolute Gasteiger partial charge is 0.497 e. The lowest BCUT2D eigenvalue weighted by molar-refractivity contribution is 0.0962. The van der Waals surface area contributed by atoms with Gasteiger partial charge in [0.15, 0.2) is 11.4 Å². The molecule has 5 rings (SSSR count). The van der Waals surface area contributed by atoms with Gasteiger partial charge in [0.2, 0.25) is 0 Å². The number of benzene rings is 2. The second kappa shape index (κ2) is 8.37. The molecule has 0 aliphatic heterocycles. The Kier molecular flexibility index (Phi) is 5.41. The van der Waals surface area contributed by atoms with E-state index in [1.165, 1.54) is 0 Å². The van der Waals surface area contributed by atoms with E-state index in [9.17, 15) is 4.79 Å². The molecule has 0 N–H and O–H groups in total. The molecule has 0 saturated carbocycles. The van der Waals surface area contributed by atoms with E-state index in [1.807, 2.05) is 53.0 Å². The number of carbonyl (C=O) groups excluding carboxylic acids is 1. The second-order valence-corrected chi connectivity index (χ2v) is 8.36. The van der Waals surface area contributed by atoms with Crippen LogP contribution in [0, 0.1) is 0 Å². The van der Waals surface area contributed by atoms with Crippen LogP contribution < -0.4 is 4.74 Å². The molecule has 0 spiro atoms. The molecule has 0 unspecified atom stereocenters. The molecule has 0 fully saturated rings. The number of rotatable bonds is 5. The van der Waals surface area contributed by atoms with Gasteiger partial charge in [0.25, 0.3) is 0 Å². The zero-order valence-corrected chi connectivity index (χ0v) is 18.6. The maximum atomic E-state index is 13.0. The van der Waals surface area contributed by atoms with E-state index in [2.05, 4.69) is 4.98 Å². The summed E-state index contributed by atoms with van der Waals surface area (Å²) in [6, 6.07) is 15.5. The van der Waals surface area contributed by atoms with Crippen molar-refractivity contribution in [1.82, 2.24) is 14.6 Å². The van der Waals surface area contributed by atoms with Crippen molar-refractivity contribution in [1.29, 1.82) is 0 Å². The minimum atomic E-state index is 0.0659. The Morgan fingerprint density at radius 2 is 1.94 bits per heavy atom. The predicted octanol–water partition coefficient (Wildman–Crippen LogP) is 5.12. The van der Waals surface area contributed by atoms with E-state index in [-0.39, 0.29) is 11.7 Å². The summed E-state index contributed by atoms with van der Waals surface area (Å²) >= 11 is 6.25. The van der Waals surface area contributed by atoms with Gasteiger partial charge in [0.05, 0.1) is 36.2 Å². The lowest BCUT2D eigenvalue weighted by atomic mass is 9.82. The molecule has 4 aromatic rings. The fourth-order valence-electron chi connectivity index (χ4n) is 4.43. The van der Waals surface area contributed by atoms with Crippen LogP contribution in [0.15, 0.2) is 54.7 Å². The number of ether oxygens (including phenoxy) is 2. The molecule has 2 aromatic carbocycles. The zero-order chi connectivity index (χ0) is 22.2. The van der Waals surface area contributed by atoms with Crippen molar-refractivity contribution in [2.45, 2.75) is 25.4 Å². The number of hydrogen-bond donors (Lipinski definition) is 0. The van der Waals surface area contributed by atoms with Crippen molar-refractivity contribution in [2.24, 2.45) is 0 Å². The fraction of sp³-hybridized carbons (Fsp3) is 0.240. The van der Waals surface area contributed by atoms with E-state index in [0.29, 0.717) is 35.7 Å². The Bertz CT molecular complexity index is 1310. The van der Waals surface area contributed by atoms with Crippen LogP contribution in [0.4, 0.5) is 0 Å². The van der Waals surface area contributed by atoms with Crippen LogP contribution >= 0.6 is 11.6 Å². The summed E-state index contributed by atoms with van der Waals surface area (Å²) in [5, 5.41) is 5.46. The zero-order valence-electron chi connectivity index (χ0n) is 17.8. The quantitative estimate of drug-likeness (QED) is 0.425. The number of aromatic nitrogens is 3. The maximum Gasteiger partial charge on any atom is 0.166 e. The first kappa shape index (κ1) is 20.7. The third-order valence-corrected chi connectivity index (χ3v) is 6.20. The average molecular weight is 448 g/mol. The van der Waals surface area contributed by atoms with Crippen molar-refractivity contribution in [3.05, 3.63) is 82.3 Å². The van der Waals surface area contributed by atoms with Gasteiger partial charge in [0.1, 0.15) is 5.75 Å². The molecular formula is C25H22ClN3O3. The van der Waals surface area contributed by atoms with Crippen LogP contribution in [0.3, 0.4) is 0 Å². The Hall–Kier alpha value is -3.22. The van der Waals surface area contributed by atoms with Crippen LogP contribution in [0.1, 0.15) is 39.6 Å². The lowest BCUT2D eigenvalue weighted by Gasteiger charge is -2.24. The molecule has 162 valence electrons. The third-order valence-electron chi connectivity index (χ3n) is 5.97. The van der Waals surface area contributed by atoms with Gasteiger partial charge in [-0.05, 0) is 47.7 Å². The molecule has 0 amide bonds. The normalized spacial score (nSPS) is 15.7. The highest BCUT2D eigenvalue weighted by atomic mass is 35.5. The summed E-state index contributed by atoms with van der Waals surface area (Å²) in [5.41, 5.74) is 5.85. The summed E-state index contributed by atoms with van der Waals surface area (Å²) in [6.45, 7) is 0.329. The van der Waals surface area contributed by atoms with Crippen molar-refractivity contribution in [3.63, 3.8) is 0 Å². The summed E-state index contributed by atoms with van der Waals surface area (Å²) < 4.78 is 12.5. The third kappa shape index (κ3) is 3.55. The first-order chi connectivity index (χ1) is 15.6. The van der Waals surface area contributed by atoms with Crippen LogP contribution in [-0.2, 0) is 17.8 Å². The Morgan fingerprint density at radius 1 is 1.12 bits per heavy atom. The fourth-order valence-corrected chi connectivity index (χ4v) is 4.62. The number of hydrogen-bond acceptors (Lipinski definition) is 5. The van der Waals surface area contributed by atoms with Gasteiger partial charge in [0, 0.05) is 24.8 Å². The minimum Gasteiger partial charge on any atom is -0.497 e. The number of nitrogens with zero attached hydrogens (tertiary/aromatic N) is 3. The molecule has 7 heteroatoms. The number of fused-ring (bicyclic) bond motifs is 3. The van der Waals surface area contributed by atoms with Crippen LogP contribution in [0.25, 0.3) is 16.8 Å². The standard InChI is InChI=1S/C25H22ClN3O3/c1-31-14-21-24(16-4-3-5-18(26)10-16)25-27-13-20-22(29(25)28-21)11-17(12-23(20)30)15-6-8-19(32-2)9-7-15/h3-10,13,17H,11-12,14H2,1-2H3/t17-/m1/s1. The van der Waals surface area contributed by atoms with Gasteiger partial charge in [-0.1, -0.05) is 35.9 Å². The molecule has 0 bridgehead atoms. The van der Waals surface area contributed by atoms with Crippen molar-refractivity contribution < 1.29 is 14.3 Å². The molecule has 1 aliphatic rings. The van der Waals surface area contributed by atoms with Crippen molar-refractivity contribution in [2.75, 3.05) is 14.2 Å². The Balaban J connectivity index is 1.65. The maximum absolute atomic E-state index is 13.0. The highest BCUT2D eigenvalue weighted by Gasteiger charge is 2.30. The molecular weight excluding hydrogens is 426 g/mol.